The molecule has 0 bridgehead atoms. The Balaban J connectivity index is 2.10. The summed E-state index contributed by atoms with van der Waals surface area (Å²) in [5, 5.41) is 3.49. The number of rotatable bonds is 2. The maximum Gasteiger partial charge on any atom is 0.138 e. The van der Waals surface area contributed by atoms with Gasteiger partial charge in [0.1, 0.15) is 5.66 Å². The van der Waals surface area contributed by atoms with Crippen LogP contribution >= 0.6 is 0 Å². The van der Waals surface area contributed by atoms with Gasteiger partial charge in [0.2, 0.25) is 0 Å². The Hall–Kier alpha value is -1.61. The molecular weight excluding hydrogens is 186 g/mol. The highest BCUT2D eigenvalue weighted by atomic mass is 15.4. The molecule has 3 rings (SSSR count). The number of hydrogen-bond acceptors (Lipinski definition) is 2. The van der Waals surface area contributed by atoms with Crippen LogP contribution in [-0.4, -0.2) is 15.6 Å². The van der Waals surface area contributed by atoms with Crippen molar-refractivity contribution in [3.05, 3.63) is 54.6 Å². The van der Waals surface area contributed by atoms with Crippen molar-refractivity contribution in [2.75, 3.05) is 0 Å². The maximum atomic E-state index is 4.11. The van der Waals surface area contributed by atoms with E-state index >= 15 is 0 Å². The molecule has 15 heavy (non-hydrogen) atoms. The SMILES string of the molecule is CC1NC1(c1ccccc1)n1ccnc1. The number of nitrogens with one attached hydrogen (secondary N) is 1. The highest BCUT2D eigenvalue weighted by Crippen LogP contribution is 2.38. The molecule has 2 heterocycles. The van der Waals surface area contributed by atoms with Gasteiger partial charge >= 0.3 is 0 Å². The summed E-state index contributed by atoms with van der Waals surface area (Å²) in [5.41, 5.74) is 1.22. The normalized spacial score (nSPS) is 29.0. The molecular formula is C12H13N3. The standard InChI is InChI=1S/C12H13N3/c1-10-12(14-10,15-8-7-13-9-15)11-5-3-2-4-6-11/h2-10,14H,1H3. The first kappa shape index (κ1) is 8.68. The molecule has 0 aliphatic carbocycles. The predicted molar refractivity (Wildman–Crippen MR) is 58.3 cm³/mol. The molecule has 1 fully saturated rings. The van der Waals surface area contributed by atoms with E-state index in [0.717, 1.165) is 0 Å². The molecule has 1 aromatic carbocycles. The average Bonchev–Trinajstić information content (AvgIpc) is 2.75. The second-order valence-corrected chi connectivity index (χ2v) is 3.97. The average molecular weight is 199 g/mol. The summed E-state index contributed by atoms with van der Waals surface area (Å²) >= 11 is 0. The zero-order valence-corrected chi connectivity index (χ0v) is 8.59. The lowest BCUT2D eigenvalue weighted by atomic mass is 10.0. The van der Waals surface area contributed by atoms with Gasteiger partial charge in [0.05, 0.1) is 6.33 Å². The van der Waals surface area contributed by atoms with E-state index in [9.17, 15) is 0 Å². The fourth-order valence-electron chi connectivity index (χ4n) is 2.23. The van der Waals surface area contributed by atoms with Crippen LogP contribution in [0.1, 0.15) is 12.5 Å². The van der Waals surface area contributed by atoms with Crippen molar-refractivity contribution in [3.63, 3.8) is 0 Å². The van der Waals surface area contributed by atoms with E-state index in [1.165, 1.54) is 5.56 Å². The Labute approximate surface area is 88.8 Å². The molecule has 1 aromatic heterocycles. The van der Waals surface area contributed by atoms with Gasteiger partial charge in [0.25, 0.3) is 0 Å². The molecule has 1 aliphatic rings. The number of imidazole rings is 1. The Kier molecular flexibility index (Phi) is 1.70. The summed E-state index contributed by atoms with van der Waals surface area (Å²) in [5.74, 6) is 0. The molecule has 2 aromatic rings. The topological polar surface area (TPSA) is 39.8 Å². The van der Waals surface area contributed by atoms with Crippen molar-refractivity contribution in [1.82, 2.24) is 14.9 Å². The first-order valence-corrected chi connectivity index (χ1v) is 5.16. The van der Waals surface area contributed by atoms with Gasteiger partial charge in [-0.1, -0.05) is 30.3 Å². The third-order valence-electron chi connectivity index (χ3n) is 3.11. The van der Waals surface area contributed by atoms with Crippen LogP contribution in [0.3, 0.4) is 0 Å². The Morgan fingerprint density at radius 3 is 2.60 bits per heavy atom. The number of hydrogen-bond donors (Lipinski definition) is 1. The fourth-order valence-corrected chi connectivity index (χ4v) is 2.23. The largest absolute Gasteiger partial charge is 0.313 e. The minimum Gasteiger partial charge on any atom is -0.313 e. The van der Waals surface area contributed by atoms with Crippen LogP contribution < -0.4 is 5.32 Å². The quantitative estimate of drug-likeness (QED) is 0.746. The highest BCUT2D eigenvalue weighted by Gasteiger charge is 2.53. The van der Waals surface area contributed by atoms with Gasteiger partial charge in [0, 0.05) is 18.4 Å². The van der Waals surface area contributed by atoms with Gasteiger partial charge in [-0.3, -0.25) is 5.32 Å². The number of benzene rings is 1. The summed E-state index contributed by atoms with van der Waals surface area (Å²) < 4.78 is 2.13. The molecule has 76 valence electrons. The molecule has 1 aliphatic heterocycles. The van der Waals surface area contributed by atoms with Crippen molar-refractivity contribution in [3.8, 4) is 0 Å². The second-order valence-electron chi connectivity index (χ2n) is 3.97. The third kappa shape index (κ3) is 1.13. The summed E-state index contributed by atoms with van der Waals surface area (Å²) in [6, 6.07) is 10.9. The molecule has 3 nitrogen and oxygen atoms in total. The zero-order valence-electron chi connectivity index (χ0n) is 8.59. The molecule has 1 saturated heterocycles. The van der Waals surface area contributed by atoms with E-state index in [1.54, 1.807) is 0 Å². The van der Waals surface area contributed by atoms with Gasteiger partial charge < -0.3 is 4.57 Å². The van der Waals surface area contributed by atoms with Crippen LogP contribution in [0.15, 0.2) is 49.1 Å². The van der Waals surface area contributed by atoms with Gasteiger partial charge in [-0.2, -0.15) is 0 Å². The molecule has 2 unspecified atom stereocenters. The number of nitrogens with zero attached hydrogens (tertiary/aromatic N) is 2. The van der Waals surface area contributed by atoms with Crippen molar-refractivity contribution in [2.45, 2.75) is 18.6 Å². The second kappa shape index (κ2) is 2.94. The predicted octanol–water partition coefficient (Wildman–Crippen LogP) is 1.58. The van der Waals surface area contributed by atoms with Gasteiger partial charge in [-0.25, -0.2) is 4.98 Å². The van der Waals surface area contributed by atoms with Crippen molar-refractivity contribution < 1.29 is 0 Å². The van der Waals surface area contributed by atoms with Crippen LogP contribution in [0, 0.1) is 0 Å². The molecule has 0 spiro atoms. The lowest BCUT2D eigenvalue weighted by Crippen LogP contribution is -2.23. The van der Waals surface area contributed by atoms with Crippen molar-refractivity contribution in [2.24, 2.45) is 0 Å². The zero-order chi connectivity index (χ0) is 10.3. The van der Waals surface area contributed by atoms with Crippen LogP contribution in [0.2, 0.25) is 0 Å². The van der Waals surface area contributed by atoms with Gasteiger partial charge in [0.15, 0.2) is 0 Å². The van der Waals surface area contributed by atoms with Crippen LogP contribution in [0.25, 0.3) is 0 Å². The monoisotopic (exact) mass is 199 g/mol. The van der Waals surface area contributed by atoms with E-state index in [2.05, 4.69) is 46.1 Å². The molecule has 2 atom stereocenters. The smallest absolute Gasteiger partial charge is 0.138 e. The molecule has 0 saturated carbocycles. The van der Waals surface area contributed by atoms with E-state index in [1.807, 2.05) is 24.8 Å². The Morgan fingerprint density at radius 1 is 1.33 bits per heavy atom. The van der Waals surface area contributed by atoms with Crippen molar-refractivity contribution in [1.29, 1.82) is 0 Å². The van der Waals surface area contributed by atoms with Crippen molar-refractivity contribution >= 4 is 0 Å². The van der Waals surface area contributed by atoms with E-state index in [0.29, 0.717) is 6.04 Å². The summed E-state index contributed by atoms with van der Waals surface area (Å²) in [6.45, 7) is 2.19. The number of aromatic nitrogens is 2. The van der Waals surface area contributed by atoms with Crippen LogP contribution in [0.5, 0.6) is 0 Å². The first-order valence-electron chi connectivity index (χ1n) is 5.16. The fraction of sp³-hybridized carbons (Fsp3) is 0.250. The third-order valence-corrected chi connectivity index (χ3v) is 3.11. The Morgan fingerprint density at radius 2 is 2.07 bits per heavy atom. The Bertz CT molecular complexity index is 449. The highest BCUT2D eigenvalue weighted by molar-refractivity contribution is 5.34. The minimum absolute atomic E-state index is 0.0717. The van der Waals surface area contributed by atoms with E-state index in [4.69, 9.17) is 0 Å². The van der Waals surface area contributed by atoms with Gasteiger partial charge in [-0.15, -0.1) is 0 Å². The molecule has 1 N–H and O–H groups in total. The minimum atomic E-state index is -0.0717. The van der Waals surface area contributed by atoms with Crippen LogP contribution in [0.4, 0.5) is 0 Å². The summed E-state index contributed by atoms with van der Waals surface area (Å²) in [4.78, 5) is 4.11. The summed E-state index contributed by atoms with van der Waals surface area (Å²) in [7, 11) is 0. The molecule has 0 radical (unpaired) electrons. The van der Waals surface area contributed by atoms with Gasteiger partial charge in [-0.05, 0) is 12.5 Å². The molecule has 0 amide bonds. The van der Waals surface area contributed by atoms with Crippen LogP contribution in [-0.2, 0) is 5.66 Å². The lowest BCUT2D eigenvalue weighted by molar-refractivity contribution is 0.541. The summed E-state index contributed by atoms with van der Waals surface area (Å²) in [6.07, 6.45) is 5.68. The van der Waals surface area contributed by atoms with E-state index < -0.39 is 0 Å². The first-order chi connectivity index (χ1) is 7.34. The van der Waals surface area contributed by atoms with E-state index in [-0.39, 0.29) is 5.66 Å². The lowest BCUT2D eigenvalue weighted by Gasteiger charge is -2.16. The molecule has 3 heteroatoms. The maximum absolute atomic E-state index is 4.11.